The molecule has 472 valence electrons. The van der Waals surface area contributed by atoms with Gasteiger partial charge in [-0.3, -0.25) is 14.4 Å². The molecule has 0 aliphatic rings. The van der Waals surface area contributed by atoms with Crippen LogP contribution in [0.1, 0.15) is 380 Å². The van der Waals surface area contributed by atoms with Gasteiger partial charge in [0, 0.05) is 19.3 Å². The number of esters is 3. The van der Waals surface area contributed by atoms with Crippen molar-refractivity contribution in [1.82, 2.24) is 0 Å². The Kier molecular flexibility index (Phi) is 67.1. The number of hydrogen-bond donors (Lipinski definition) is 0. The molecule has 6 heteroatoms. The molecule has 0 saturated carbocycles. The average molecular weight is 1130 g/mol. The van der Waals surface area contributed by atoms with Gasteiger partial charge in [-0.25, -0.2) is 0 Å². The highest BCUT2D eigenvalue weighted by atomic mass is 16.6. The highest BCUT2D eigenvalue weighted by Crippen LogP contribution is 2.18. The van der Waals surface area contributed by atoms with E-state index < -0.39 is 6.10 Å². The fraction of sp³-hybridized carbons (Fsp3) is 0.827. The van der Waals surface area contributed by atoms with Gasteiger partial charge in [0.05, 0.1) is 0 Å². The highest BCUT2D eigenvalue weighted by Gasteiger charge is 2.19. The van der Waals surface area contributed by atoms with Crippen molar-refractivity contribution in [3.05, 3.63) is 60.8 Å². The molecule has 1 atom stereocenters. The van der Waals surface area contributed by atoms with Gasteiger partial charge >= 0.3 is 17.9 Å². The van der Waals surface area contributed by atoms with Crippen molar-refractivity contribution in [3.8, 4) is 0 Å². The molecule has 0 spiro atoms. The van der Waals surface area contributed by atoms with Crippen molar-refractivity contribution >= 4 is 17.9 Å². The smallest absolute Gasteiger partial charge is 0.306 e. The maximum atomic E-state index is 12.9. The minimum absolute atomic E-state index is 0.0809. The Bertz CT molecular complexity index is 1440. The molecular formula is C75H136O6. The van der Waals surface area contributed by atoms with Crippen LogP contribution in [0.2, 0.25) is 0 Å². The second kappa shape index (κ2) is 69.6. The van der Waals surface area contributed by atoms with E-state index >= 15 is 0 Å². The van der Waals surface area contributed by atoms with Crippen LogP contribution in [0.5, 0.6) is 0 Å². The van der Waals surface area contributed by atoms with E-state index in [0.29, 0.717) is 19.3 Å². The number of unbranched alkanes of at least 4 members (excludes halogenated alkanes) is 45. The summed E-state index contributed by atoms with van der Waals surface area (Å²) in [6.07, 6.45) is 89.7. The van der Waals surface area contributed by atoms with Crippen molar-refractivity contribution in [2.75, 3.05) is 13.2 Å². The minimum atomic E-state index is -0.788. The van der Waals surface area contributed by atoms with Crippen LogP contribution >= 0.6 is 0 Å². The summed E-state index contributed by atoms with van der Waals surface area (Å²) in [6.45, 7) is 6.64. The van der Waals surface area contributed by atoms with Crippen LogP contribution in [0.4, 0.5) is 0 Å². The van der Waals surface area contributed by atoms with Crippen LogP contribution in [0.25, 0.3) is 0 Å². The van der Waals surface area contributed by atoms with Gasteiger partial charge in [0.2, 0.25) is 0 Å². The van der Waals surface area contributed by atoms with Gasteiger partial charge in [-0.15, -0.1) is 0 Å². The van der Waals surface area contributed by atoms with Crippen LogP contribution < -0.4 is 0 Å². The molecule has 0 aliphatic heterocycles. The van der Waals surface area contributed by atoms with Gasteiger partial charge in [0.25, 0.3) is 0 Å². The third-order valence-corrected chi connectivity index (χ3v) is 16.0. The summed E-state index contributed by atoms with van der Waals surface area (Å²) < 4.78 is 17.0. The first-order valence-corrected chi connectivity index (χ1v) is 35.8. The molecule has 0 saturated heterocycles. The Labute approximate surface area is 504 Å². The normalized spacial score (nSPS) is 12.4. The number of ether oxygens (including phenoxy) is 3. The highest BCUT2D eigenvalue weighted by molar-refractivity contribution is 5.71. The zero-order valence-corrected chi connectivity index (χ0v) is 54.3. The summed E-state index contributed by atoms with van der Waals surface area (Å²) in [5.41, 5.74) is 0. The topological polar surface area (TPSA) is 78.9 Å². The molecule has 0 aliphatic carbocycles. The molecule has 0 heterocycles. The van der Waals surface area contributed by atoms with Gasteiger partial charge < -0.3 is 14.2 Å². The molecule has 0 fully saturated rings. The van der Waals surface area contributed by atoms with Gasteiger partial charge in [-0.05, 0) is 89.9 Å². The van der Waals surface area contributed by atoms with Crippen LogP contribution in [0.15, 0.2) is 60.8 Å². The largest absolute Gasteiger partial charge is 0.462 e. The lowest BCUT2D eigenvalue weighted by Crippen LogP contribution is -2.30. The number of carbonyl (C=O) groups is 3. The average Bonchev–Trinajstić information content (AvgIpc) is 3.47. The summed E-state index contributed by atoms with van der Waals surface area (Å²) >= 11 is 0. The first kappa shape index (κ1) is 78.1. The quantitative estimate of drug-likeness (QED) is 0.0261. The Morgan fingerprint density at radius 2 is 0.444 bits per heavy atom. The lowest BCUT2D eigenvalue weighted by molar-refractivity contribution is -0.167. The molecular weight excluding hydrogens is 997 g/mol. The molecule has 0 radical (unpaired) electrons. The molecule has 6 nitrogen and oxygen atoms in total. The minimum Gasteiger partial charge on any atom is -0.462 e. The number of allylic oxidation sites excluding steroid dienone is 10. The zero-order valence-electron chi connectivity index (χ0n) is 54.3. The number of carbonyl (C=O) groups excluding carboxylic acids is 3. The molecule has 81 heavy (non-hydrogen) atoms. The van der Waals surface area contributed by atoms with E-state index in [0.717, 1.165) is 103 Å². The summed E-state index contributed by atoms with van der Waals surface area (Å²) in [4.78, 5) is 38.4. The summed E-state index contributed by atoms with van der Waals surface area (Å²) in [6, 6.07) is 0. The van der Waals surface area contributed by atoms with Crippen molar-refractivity contribution < 1.29 is 28.6 Å². The van der Waals surface area contributed by atoms with Crippen LogP contribution in [0, 0.1) is 0 Å². The van der Waals surface area contributed by atoms with E-state index in [9.17, 15) is 14.4 Å². The van der Waals surface area contributed by atoms with Crippen LogP contribution in [-0.4, -0.2) is 37.2 Å². The summed E-state index contributed by atoms with van der Waals surface area (Å²) in [7, 11) is 0. The van der Waals surface area contributed by atoms with Gasteiger partial charge in [0.15, 0.2) is 6.10 Å². The first-order chi connectivity index (χ1) is 40.0. The molecule has 0 bridgehead atoms. The van der Waals surface area contributed by atoms with E-state index in [-0.39, 0.29) is 31.1 Å². The van der Waals surface area contributed by atoms with E-state index in [1.54, 1.807) is 0 Å². The lowest BCUT2D eigenvalue weighted by Gasteiger charge is -2.18. The molecule has 0 rings (SSSR count). The van der Waals surface area contributed by atoms with Crippen molar-refractivity contribution in [2.24, 2.45) is 0 Å². The fourth-order valence-electron chi connectivity index (χ4n) is 10.6. The monoisotopic (exact) mass is 1130 g/mol. The Morgan fingerprint density at radius 1 is 0.247 bits per heavy atom. The fourth-order valence-corrected chi connectivity index (χ4v) is 10.6. The second-order valence-corrected chi connectivity index (χ2v) is 24.1. The predicted octanol–water partition coefficient (Wildman–Crippen LogP) is 24.7. The van der Waals surface area contributed by atoms with Crippen molar-refractivity contribution in [2.45, 2.75) is 386 Å². The summed E-state index contributed by atoms with van der Waals surface area (Å²) in [5.74, 6) is -0.885. The maximum Gasteiger partial charge on any atom is 0.306 e. The van der Waals surface area contributed by atoms with E-state index in [1.807, 2.05) is 0 Å². The summed E-state index contributed by atoms with van der Waals surface area (Å²) in [5, 5.41) is 0. The van der Waals surface area contributed by atoms with E-state index in [2.05, 4.69) is 81.5 Å². The predicted molar refractivity (Wildman–Crippen MR) is 353 cm³/mol. The van der Waals surface area contributed by atoms with Gasteiger partial charge in [0.1, 0.15) is 13.2 Å². The zero-order chi connectivity index (χ0) is 58.5. The lowest BCUT2D eigenvalue weighted by atomic mass is 10.0. The van der Waals surface area contributed by atoms with Crippen molar-refractivity contribution in [3.63, 3.8) is 0 Å². The molecule has 0 aromatic carbocycles. The molecule has 1 unspecified atom stereocenters. The molecule has 0 N–H and O–H groups in total. The Morgan fingerprint density at radius 3 is 0.728 bits per heavy atom. The maximum absolute atomic E-state index is 12.9. The first-order valence-electron chi connectivity index (χ1n) is 35.8. The SMILES string of the molecule is CCCCC/C=C\C/C=C\C/C=C\CCCCCCCCC(=O)OC(COC(=O)CCCCCCC/C=C\C/C=C\CCCCCC)COC(=O)CCCCCCCCCCCCCCCCCCCCCCCCCCCCCC. The number of rotatable bonds is 66. The van der Waals surface area contributed by atoms with E-state index in [4.69, 9.17) is 14.2 Å². The number of hydrogen-bond acceptors (Lipinski definition) is 6. The van der Waals surface area contributed by atoms with Gasteiger partial charge in [-0.1, -0.05) is 332 Å². The van der Waals surface area contributed by atoms with Crippen molar-refractivity contribution in [1.29, 1.82) is 0 Å². The van der Waals surface area contributed by atoms with E-state index in [1.165, 1.54) is 238 Å². The third kappa shape index (κ3) is 67.8. The Balaban J connectivity index is 4.27. The molecule has 0 aromatic rings. The van der Waals surface area contributed by atoms with Crippen LogP contribution in [0.3, 0.4) is 0 Å². The standard InChI is InChI=1S/C75H136O6/c1-4-7-10-13-16-19-22-25-28-31-33-34-35-36-37-38-39-40-41-43-44-47-50-53-56-59-62-65-68-74(77)80-71-72(70-79-73(76)67-64-61-58-55-52-49-46-30-27-24-21-18-15-12-9-6-3)81-75(78)69-66-63-60-57-54-51-48-45-42-32-29-26-23-20-17-14-11-8-5-2/h17,20-21,24,26,29-30,42,45-46,72H,4-16,18-19,22-23,25,27-28,31-41,43-44,47-71H2,1-3H3/b20-17-,24-21-,29-26-,45-42-,46-30-. The molecule has 0 amide bonds. The van der Waals surface area contributed by atoms with Gasteiger partial charge in [-0.2, -0.15) is 0 Å². The van der Waals surface area contributed by atoms with Crippen LogP contribution in [-0.2, 0) is 28.6 Å². The third-order valence-electron chi connectivity index (χ3n) is 16.0. The Hall–Kier alpha value is -2.89. The second-order valence-electron chi connectivity index (χ2n) is 24.1. The molecule has 0 aromatic heterocycles.